The zero-order chi connectivity index (χ0) is 18.1. The summed E-state index contributed by atoms with van der Waals surface area (Å²) in [6, 6.07) is 9.35. The number of hydrogen-bond acceptors (Lipinski definition) is 4. The average Bonchev–Trinajstić information content (AvgIpc) is 3.06. The Morgan fingerprint density at radius 2 is 2.00 bits per heavy atom. The second-order valence-electron chi connectivity index (χ2n) is 6.36. The first kappa shape index (κ1) is 16.8. The molecule has 1 aromatic carbocycles. The highest BCUT2D eigenvalue weighted by Crippen LogP contribution is 2.24. The molecule has 0 saturated carbocycles. The van der Waals surface area contributed by atoms with Crippen LogP contribution in [0.5, 0.6) is 0 Å². The normalized spacial score (nSPS) is 17.5. The van der Waals surface area contributed by atoms with Crippen LogP contribution in [0.1, 0.15) is 12.8 Å². The van der Waals surface area contributed by atoms with Crippen molar-refractivity contribution in [3.63, 3.8) is 0 Å². The number of piperidine rings is 1. The maximum Gasteiger partial charge on any atom is 0.231 e. The van der Waals surface area contributed by atoms with Crippen LogP contribution >= 0.6 is 11.6 Å². The van der Waals surface area contributed by atoms with Crippen LogP contribution in [0, 0.1) is 11.7 Å². The van der Waals surface area contributed by atoms with Gasteiger partial charge in [0.2, 0.25) is 11.9 Å². The van der Waals surface area contributed by atoms with Crippen molar-refractivity contribution >= 4 is 34.8 Å². The molecule has 1 fully saturated rings. The predicted octanol–water partition coefficient (Wildman–Crippen LogP) is 3.38. The monoisotopic (exact) mass is 373 g/mol. The SMILES string of the molecule is O=C(Nc1ccc(F)cc1)C1CCCN(c2nnc3ccc(Cl)cn23)C1. The van der Waals surface area contributed by atoms with Gasteiger partial charge in [-0.3, -0.25) is 9.20 Å². The Morgan fingerprint density at radius 3 is 2.81 bits per heavy atom. The van der Waals surface area contributed by atoms with E-state index in [9.17, 15) is 9.18 Å². The summed E-state index contributed by atoms with van der Waals surface area (Å²) in [5, 5.41) is 11.9. The van der Waals surface area contributed by atoms with Crippen molar-refractivity contribution < 1.29 is 9.18 Å². The molecule has 1 N–H and O–H groups in total. The third-order valence-corrected chi connectivity index (χ3v) is 4.76. The first-order valence-electron chi connectivity index (χ1n) is 8.42. The Labute approximate surface area is 154 Å². The molecule has 0 radical (unpaired) electrons. The minimum Gasteiger partial charge on any atom is -0.340 e. The molecule has 8 heteroatoms. The molecule has 0 spiro atoms. The summed E-state index contributed by atoms with van der Waals surface area (Å²) in [6.45, 7) is 1.34. The Kier molecular flexibility index (Phi) is 4.46. The maximum absolute atomic E-state index is 13.0. The van der Waals surface area contributed by atoms with E-state index < -0.39 is 0 Å². The van der Waals surface area contributed by atoms with Gasteiger partial charge < -0.3 is 10.2 Å². The van der Waals surface area contributed by atoms with E-state index in [0.29, 0.717) is 28.9 Å². The molecule has 1 aliphatic heterocycles. The van der Waals surface area contributed by atoms with Crippen LogP contribution in [-0.4, -0.2) is 33.6 Å². The van der Waals surface area contributed by atoms with Crippen LogP contribution in [0.4, 0.5) is 16.0 Å². The third-order valence-electron chi connectivity index (χ3n) is 4.54. The summed E-state index contributed by atoms with van der Waals surface area (Å²) in [4.78, 5) is 14.6. The fraction of sp³-hybridized carbons (Fsp3) is 0.278. The van der Waals surface area contributed by atoms with Gasteiger partial charge >= 0.3 is 0 Å². The van der Waals surface area contributed by atoms with Crippen LogP contribution in [0.2, 0.25) is 5.02 Å². The summed E-state index contributed by atoms with van der Waals surface area (Å²) in [5.74, 6) is 0.0967. The number of halogens is 2. The number of rotatable bonds is 3. The number of hydrogen-bond donors (Lipinski definition) is 1. The highest BCUT2D eigenvalue weighted by atomic mass is 35.5. The molecular weight excluding hydrogens is 357 g/mol. The highest BCUT2D eigenvalue weighted by molar-refractivity contribution is 6.30. The van der Waals surface area contributed by atoms with Gasteiger partial charge in [-0.2, -0.15) is 0 Å². The lowest BCUT2D eigenvalue weighted by Crippen LogP contribution is -2.41. The molecule has 1 amide bonds. The molecule has 4 rings (SSSR count). The van der Waals surface area contributed by atoms with Crippen molar-refractivity contribution in [2.24, 2.45) is 5.92 Å². The Morgan fingerprint density at radius 1 is 1.19 bits per heavy atom. The molecule has 3 aromatic rings. The van der Waals surface area contributed by atoms with E-state index in [-0.39, 0.29) is 17.6 Å². The van der Waals surface area contributed by atoms with Crippen LogP contribution in [0.3, 0.4) is 0 Å². The van der Waals surface area contributed by atoms with Crippen LogP contribution in [-0.2, 0) is 4.79 Å². The quantitative estimate of drug-likeness (QED) is 0.764. The van der Waals surface area contributed by atoms with Gasteiger partial charge in [-0.05, 0) is 49.2 Å². The number of aromatic nitrogens is 3. The first-order valence-corrected chi connectivity index (χ1v) is 8.79. The molecule has 26 heavy (non-hydrogen) atoms. The van der Waals surface area contributed by atoms with E-state index in [1.807, 2.05) is 10.5 Å². The van der Waals surface area contributed by atoms with Crippen LogP contribution in [0.15, 0.2) is 42.6 Å². The van der Waals surface area contributed by atoms with Gasteiger partial charge in [-0.25, -0.2) is 4.39 Å². The van der Waals surface area contributed by atoms with E-state index in [2.05, 4.69) is 20.4 Å². The van der Waals surface area contributed by atoms with E-state index in [4.69, 9.17) is 11.6 Å². The van der Waals surface area contributed by atoms with Crippen LogP contribution < -0.4 is 10.2 Å². The fourth-order valence-corrected chi connectivity index (χ4v) is 3.38. The van der Waals surface area contributed by atoms with Crippen LogP contribution in [0.25, 0.3) is 5.65 Å². The van der Waals surface area contributed by atoms with Gasteiger partial charge in [0.15, 0.2) is 5.65 Å². The molecule has 1 unspecified atom stereocenters. The molecule has 134 valence electrons. The van der Waals surface area contributed by atoms with Gasteiger partial charge in [0.1, 0.15) is 5.82 Å². The fourth-order valence-electron chi connectivity index (χ4n) is 3.22. The van der Waals surface area contributed by atoms with E-state index in [0.717, 1.165) is 19.4 Å². The van der Waals surface area contributed by atoms with Crippen molar-refractivity contribution in [1.29, 1.82) is 0 Å². The number of carbonyl (C=O) groups is 1. The summed E-state index contributed by atoms with van der Waals surface area (Å²) in [6.07, 6.45) is 3.44. The topological polar surface area (TPSA) is 62.5 Å². The minimum absolute atomic E-state index is 0.0758. The van der Waals surface area contributed by atoms with Crippen molar-refractivity contribution in [1.82, 2.24) is 14.6 Å². The lowest BCUT2D eigenvalue weighted by molar-refractivity contribution is -0.120. The number of anilines is 2. The molecule has 1 saturated heterocycles. The smallest absolute Gasteiger partial charge is 0.231 e. The van der Waals surface area contributed by atoms with Crippen molar-refractivity contribution in [2.45, 2.75) is 12.8 Å². The van der Waals surface area contributed by atoms with Gasteiger partial charge in [0.25, 0.3) is 0 Å². The van der Waals surface area contributed by atoms with E-state index in [1.54, 1.807) is 24.4 Å². The average molecular weight is 374 g/mol. The summed E-state index contributed by atoms with van der Waals surface area (Å²) >= 11 is 6.08. The number of pyridine rings is 1. The molecule has 3 heterocycles. The summed E-state index contributed by atoms with van der Waals surface area (Å²) < 4.78 is 14.8. The van der Waals surface area contributed by atoms with Gasteiger partial charge in [0, 0.05) is 25.0 Å². The zero-order valence-corrected chi connectivity index (χ0v) is 14.7. The zero-order valence-electron chi connectivity index (χ0n) is 13.9. The summed E-state index contributed by atoms with van der Waals surface area (Å²) in [7, 11) is 0. The molecule has 2 aromatic heterocycles. The standard InChI is InChI=1S/C18H17ClFN5O/c19-13-3-8-16-22-23-18(25(16)11-13)24-9-1-2-12(10-24)17(26)21-15-6-4-14(20)5-7-15/h3-8,11-12H,1-2,9-10H2,(H,21,26). The van der Waals surface area contributed by atoms with Gasteiger partial charge in [-0.15, -0.1) is 10.2 Å². The second kappa shape index (κ2) is 6.92. The third kappa shape index (κ3) is 3.35. The van der Waals surface area contributed by atoms with E-state index in [1.165, 1.54) is 12.1 Å². The van der Waals surface area contributed by atoms with Gasteiger partial charge in [-0.1, -0.05) is 11.6 Å². The minimum atomic E-state index is -0.329. The predicted molar refractivity (Wildman–Crippen MR) is 98.0 cm³/mol. The molecule has 0 bridgehead atoms. The molecule has 1 aliphatic rings. The number of amides is 1. The van der Waals surface area contributed by atoms with Gasteiger partial charge in [0.05, 0.1) is 10.9 Å². The lowest BCUT2D eigenvalue weighted by Gasteiger charge is -2.32. The lowest BCUT2D eigenvalue weighted by atomic mass is 9.97. The number of nitrogens with one attached hydrogen (secondary N) is 1. The van der Waals surface area contributed by atoms with Crippen molar-refractivity contribution in [2.75, 3.05) is 23.3 Å². The molecule has 0 aliphatic carbocycles. The Hall–Kier alpha value is -2.67. The van der Waals surface area contributed by atoms with Crippen molar-refractivity contribution in [3.8, 4) is 0 Å². The number of nitrogens with zero attached hydrogens (tertiary/aromatic N) is 4. The number of carbonyl (C=O) groups excluding carboxylic acids is 1. The molecular formula is C18H17ClFN5O. The number of benzene rings is 1. The molecule has 6 nitrogen and oxygen atoms in total. The van der Waals surface area contributed by atoms with Crippen molar-refractivity contribution in [3.05, 3.63) is 53.4 Å². The Bertz CT molecular complexity index is 942. The number of fused-ring (bicyclic) bond motifs is 1. The Balaban J connectivity index is 1.50. The molecule has 1 atom stereocenters. The highest BCUT2D eigenvalue weighted by Gasteiger charge is 2.28. The second-order valence-corrected chi connectivity index (χ2v) is 6.79. The first-order chi connectivity index (χ1) is 12.6. The maximum atomic E-state index is 13.0. The summed E-state index contributed by atoms with van der Waals surface area (Å²) in [5.41, 5.74) is 1.30. The van der Waals surface area contributed by atoms with E-state index >= 15 is 0 Å². The largest absolute Gasteiger partial charge is 0.340 e.